The van der Waals surface area contributed by atoms with Gasteiger partial charge in [0.05, 0.1) is 17.6 Å². The Morgan fingerprint density at radius 2 is 2.14 bits per heavy atom. The van der Waals surface area contributed by atoms with Crippen LogP contribution >= 0.6 is 11.6 Å². The van der Waals surface area contributed by atoms with Crippen LogP contribution in [0.25, 0.3) is 0 Å². The van der Waals surface area contributed by atoms with Gasteiger partial charge in [-0.1, -0.05) is 12.1 Å². The first-order valence-electron chi connectivity index (χ1n) is 6.70. The fourth-order valence-corrected chi connectivity index (χ4v) is 1.69. The Labute approximate surface area is 130 Å². The number of aliphatic imine (C=N–C) groups is 1. The van der Waals surface area contributed by atoms with Gasteiger partial charge >= 0.3 is 6.09 Å². The Hall–Kier alpha value is -1.75. The molecule has 0 heterocycles. The standard InChI is InChI=1S/C15H22ClN3O2/c1-10(18-14(20)21-15(2,3)4)11-6-5-7-12(8-11)19-13(17)9-16/h5-8,10H,9H2,1-4H3,(H2,17,19)(H,18,20). The predicted molar refractivity (Wildman–Crippen MR) is 86.2 cm³/mol. The van der Waals surface area contributed by atoms with Crippen LogP contribution in [-0.2, 0) is 4.74 Å². The van der Waals surface area contributed by atoms with E-state index in [1.807, 2.05) is 52.0 Å². The van der Waals surface area contributed by atoms with Crippen molar-refractivity contribution in [2.24, 2.45) is 10.7 Å². The van der Waals surface area contributed by atoms with E-state index in [2.05, 4.69) is 10.3 Å². The van der Waals surface area contributed by atoms with Crippen molar-refractivity contribution in [3.63, 3.8) is 0 Å². The van der Waals surface area contributed by atoms with Crippen LogP contribution in [0.15, 0.2) is 29.3 Å². The number of nitrogens with zero attached hydrogens (tertiary/aromatic N) is 1. The fraction of sp³-hybridized carbons (Fsp3) is 0.467. The van der Waals surface area contributed by atoms with Gasteiger partial charge in [0.15, 0.2) is 0 Å². The molecule has 0 aliphatic heterocycles. The SMILES string of the molecule is CC(NC(=O)OC(C)(C)C)c1cccc(N=C(N)CCl)c1. The Balaban J connectivity index is 2.77. The number of hydrogen-bond acceptors (Lipinski definition) is 3. The number of ether oxygens (including phenoxy) is 1. The molecule has 1 rings (SSSR count). The maximum Gasteiger partial charge on any atom is 0.408 e. The van der Waals surface area contributed by atoms with Gasteiger partial charge in [-0.15, -0.1) is 11.6 Å². The molecule has 0 aliphatic carbocycles. The van der Waals surface area contributed by atoms with Gasteiger partial charge in [0.25, 0.3) is 0 Å². The summed E-state index contributed by atoms with van der Waals surface area (Å²) in [6, 6.07) is 7.22. The monoisotopic (exact) mass is 311 g/mol. The molecule has 0 saturated heterocycles. The van der Waals surface area contributed by atoms with Crippen molar-refractivity contribution in [3.8, 4) is 0 Å². The maximum absolute atomic E-state index is 11.8. The highest BCUT2D eigenvalue weighted by molar-refractivity contribution is 6.28. The molecule has 0 fully saturated rings. The van der Waals surface area contributed by atoms with E-state index in [1.54, 1.807) is 0 Å². The lowest BCUT2D eigenvalue weighted by atomic mass is 10.1. The van der Waals surface area contributed by atoms with Gasteiger partial charge in [0, 0.05) is 0 Å². The lowest BCUT2D eigenvalue weighted by Crippen LogP contribution is -2.34. The summed E-state index contributed by atoms with van der Waals surface area (Å²) in [5, 5.41) is 2.78. The minimum atomic E-state index is -0.523. The van der Waals surface area contributed by atoms with Crippen molar-refractivity contribution in [2.75, 3.05) is 5.88 Å². The van der Waals surface area contributed by atoms with Crippen LogP contribution in [0.2, 0.25) is 0 Å². The van der Waals surface area contributed by atoms with Gasteiger partial charge in [-0.3, -0.25) is 0 Å². The molecule has 0 aromatic heterocycles. The summed E-state index contributed by atoms with van der Waals surface area (Å²) in [5.74, 6) is 0.525. The lowest BCUT2D eigenvalue weighted by Gasteiger charge is -2.22. The van der Waals surface area contributed by atoms with E-state index in [-0.39, 0.29) is 11.9 Å². The minimum absolute atomic E-state index is 0.177. The summed E-state index contributed by atoms with van der Waals surface area (Å²) in [6.07, 6.45) is -0.454. The van der Waals surface area contributed by atoms with E-state index in [4.69, 9.17) is 22.1 Å². The van der Waals surface area contributed by atoms with Gasteiger partial charge in [-0.05, 0) is 45.4 Å². The Morgan fingerprint density at radius 3 is 2.71 bits per heavy atom. The minimum Gasteiger partial charge on any atom is -0.444 e. The molecule has 116 valence electrons. The molecule has 1 unspecified atom stereocenters. The molecule has 1 atom stereocenters. The number of benzene rings is 1. The van der Waals surface area contributed by atoms with Crippen molar-refractivity contribution >= 4 is 29.2 Å². The maximum atomic E-state index is 11.8. The van der Waals surface area contributed by atoms with Crippen molar-refractivity contribution in [3.05, 3.63) is 29.8 Å². The number of alkyl halides is 1. The van der Waals surface area contributed by atoms with Crippen molar-refractivity contribution in [1.82, 2.24) is 5.32 Å². The number of amidine groups is 1. The number of amides is 1. The number of nitrogens with two attached hydrogens (primary N) is 1. The third-order valence-electron chi connectivity index (χ3n) is 2.51. The second kappa shape index (κ2) is 7.31. The summed E-state index contributed by atoms with van der Waals surface area (Å²) < 4.78 is 5.23. The molecule has 1 amide bonds. The average molecular weight is 312 g/mol. The van der Waals surface area contributed by atoms with E-state index >= 15 is 0 Å². The van der Waals surface area contributed by atoms with E-state index in [9.17, 15) is 4.79 Å². The molecule has 0 aliphatic rings. The van der Waals surface area contributed by atoms with Crippen LogP contribution in [0.5, 0.6) is 0 Å². The Kier molecular flexibility index (Phi) is 6.03. The van der Waals surface area contributed by atoms with Gasteiger partial charge in [0.2, 0.25) is 0 Å². The van der Waals surface area contributed by atoms with E-state index < -0.39 is 11.7 Å². The topological polar surface area (TPSA) is 76.7 Å². The summed E-state index contributed by atoms with van der Waals surface area (Å²) in [7, 11) is 0. The van der Waals surface area contributed by atoms with Crippen LogP contribution in [-0.4, -0.2) is 23.4 Å². The van der Waals surface area contributed by atoms with E-state index in [0.29, 0.717) is 11.5 Å². The van der Waals surface area contributed by atoms with Crippen molar-refractivity contribution in [1.29, 1.82) is 0 Å². The number of nitrogens with one attached hydrogen (secondary N) is 1. The molecule has 0 spiro atoms. The van der Waals surface area contributed by atoms with Crippen LogP contribution in [0.1, 0.15) is 39.3 Å². The first-order valence-corrected chi connectivity index (χ1v) is 7.23. The van der Waals surface area contributed by atoms with E-state index in [0.717, 1.165) is 5.56 Å². The zero-order valence-corrected chi connectivity index (χ0v) is 13.6. The highest BCUT2D eigenvalue weighted by Gasteiger charge is 2.18. The van der Waals surface area contributed by atoms with Gasteiger partial charge in [-0.2, -0.15) is 0 Å². The summed E-state index contributed by atoms with van der Waals surface area (Å²) in [4.78, 5) is 15.9. The molecule has 0 bridgehead atoms. The number of halogens is 1. The average Bonchev–Trinajstić information content (AvgIpc) is 2.36. The van der Waals surface area contributed by atoms with Gasteiger partial charge < -0.3 is 15.8 Å². The number of carbonyl (C=O) groups is 1. The number of alkyl carbamates (subject to hydrolysis) is 1. The number of carbonyl (C=O) groups excluding carboxylic acids is 1. The van der Waals surface area contributed by atoms with E-state index in [1.165, 1.54) is 0 Å². The van der Waals surface area contributed by atoms with Gasteiger partial charge in [0.1, 0.15) is 11.4 Å². The van der Waals surface area contributed by atoms with Crippen molar-refractivity contribution in [2.45, 2.75) is 39.3 Å². The van der Waals surface area contributed by atoms with Crippen LogP contribution < -0.4 is 11.1 Å². The largest absolute Gasteiger partial charge is 0.444 e. The molecule has 0 saturated carbocycles. The molecular formula is C15H22ClN3O2. The molecule has 21 heavy (non-hydrogen) atoms. The van der Waals surface area contributed by atoms with Crippen molar-refractivity contribution < 1.29 is 9.53 Å². The third kappa shape index (κ3) is 6.49. The fourth-order valence-electron chi connectivity index (χ4n) is 1.63. The zero-order valence-electron chi connectivity index (χ0n) is 12.8. The first kappa shape index (κ1) is 17.3. The predicted octanol–water partition coefficient (Wildman–Crippen LogP) is 3.50. The van der Waals surface area contributed by atoms with Crippen LogP contribution in [0.3, 0.4) is 0 Å². The van der Waals surface area contributed by atoms with Crippen LogP contribution in [0.4, 0.5) is 10.5 Å². The number of hydrogen-bond donors (Lipinski definition) is 2. The highest BCUT2D eigenvalue weighted by Crippen LogP contribution is 2.20. The van der Waals surface area contributed by atoms with Crippen LogP contribution in [0, 0.1) is 0 Å². The second-order valence-electron chi connectivity index (χ2n) is 5.70. The number of rotatable bonds is 4. The highest BCUT2D eigenvalue weighted by atomic mass is 35.5. The Morgan fingerprint density at radius 1 is 1.48 bits per heavy atom. The molecular weight excluding hydrogens is 290 g/mol. The first-order chi connectivity index (χ1) is 9.71. The third-order valence-corrected chi connectivity index (χ3v) is 2.79. The lowest BCUT2D eigenvalue weighted by molar-refractivity contribution is 0.0508. The Bertz CT molecular complexity index is 524. The molecule has 3 N–H and O–H groups in total. The summed E-state index contributed by atoms with van der Waals surface area (Å²) in [6.45, 7) is 7.34. The molecule has 1 aromatic carbocycles. The zero-order chi connectivity index (χ0) is 16.0. The smallest absolute Gasteiger partial charge is 0.408 e. The second-order valence-corrected chi connectivity index (χ2v) is 5.97. The molecule has 1 aromatic rings. The molecule has 0 radical (unpaired) electrons. The normalized spacial score (nSPS) is 13.7. The van der Waals surface area contributed by atoms with Gasteiger partial charge in [-0.25, -0.2) is 9.79 Å². The quantitative estimate of drug-likeness (QED) is 0.507. The summed E-state index contributed by atoms with van der Waals surface area (Å²) >= 11 is 5.61. The molecule has 5 nitrogen and oxygen atoms in total. The summed E-state index contributed by atoms with van der Waals surface area (Å²) in [5.41, 5.74) is 6.69. The molecule has 6 heteroatoms.